The summed E-state index contributed by atoms with van der Waals surface area (Å²) < 4.78 is 18.0. The molecule has 1 unspecified atom stereocenters. The number of hydrogen-bond acceptors (Lipinski definition) is 8. The van der Waals surface area contributed by atoms with Gasteiger partial charge in [0, 0.05) is 10.6 Å². The van der Waals surface area contributed by atoms with Crippen molar-refractivity contribution in [1.82, 2.24) is 4.98 Å². The second-order valence-electron chi connectivity index (χ2n) is 8.97. The van der Waals surface area contributed by atoms with E-state index in [1.807, 2.05) is 19.9 Å². The van der Waals surface area contributed by atoms with Gasteiger partial charge in [0.1, 0.15) is 18.1 Å². The van der Waals surface area contributed by atoms with Gasteiger partial charge in [-0.15, -0.1) is 0 Å². The van der Waals surface area contributed by atoms with Gasteiger partial charge in [0.2, 0.25) is 0 Å². The molecule has 1 atom stereocenters. The molecule has 0 saturated carbocycles. The normalized spacial score (nSPS) is 16.3. The van der Waals surface area contributed by atoms with Crippen LogP contribution in [-0.4, -0.2) is 41.6 Å². The maximum Gasteiger partial charge on any atom is 0.301 e. The van der Waals surface area contributed by atoms with Gasteiger partial charge in [-0.3, -0.25) is 14.5 Å². The molecular formula is C31H27ClN2O6S. The SMILES string of the molecule is C=CCOc1ccc(C2/C(=C(\O)c3ccc(Cl)cc3)C(=O)C(=O)N2c2nc3ccc(OCC)cc3s2)cc1OCC. The predicted molar refractivity (Wildman–Crippen MR) is 160 cm³/mol. The highest BCUT2D eigenvalue weighted by molar-refractivity contribution is 7.22. The number of fused-ring (bicyclic) bond motifs is 1. The van der Waals surface area contributed by atoms with Crippen LogP contribution in [0, 0.1) is 0 Å². The average Bonchev–Trinajstić information content (AvgIpc) is 3.50. The summed E-state index contributed by atoms with van der Waals surface area (Å²) in [5.74, 6) is -0.380. The van der Waals surface area contributed by atoms with E-state index in [-0.39, 0.29) is 17.9 Å². The molecule has 0 bridgehead atoms. The number of benzene rings is 3. The van der Waals surface area contributed by atoms with Gasteiger partial charge in [-0.25, -0.2) is 4.98 Å². The van der Waals surface area contributed by atoms with E-state index in [2.05, 4.69) is 11.6 Å². The van der Waals surface area contributed by atoms with Gasteiger partial charge >= 0.3 is 5.91 Å². The van der Waals surface area contributed by atoms with Crippen molar-refractivity contribution in [2.24, 2.45) is 0 Å². The number of halogens is 1. The molecule has 1 fully saturated rings. The minimum absolute atomic E-state index is 0.0752. The second kappa shape index (κ2) is 12.0. The Balaban J connectivity index is 1.70. The number of ketones is 1. The van der Waals surface area contributed by atoms with Crippen LogP contribution in [0.25, 0.3) is 16.0 Å². The van der Waals surface area contributed by atoms with Crippen molar-refractivity contribution in [2.75, 3.05) is 24.7 Å². The van der Waals surface area contributed by atoms with E-state index in [1.165, 1.54) is 16.2 Å². The zero-order valence-corrected chi connectivity index (χ0v) is 24.0. The molecule has 1 aliphatic rings. The first-order valence-electron chi connectivity index (χ1n) is 13.0. The largest absolute Gasteiger partial charge is 0.507 e. The Morgan fingerprint density at radius 1 is 1.02 bits per heavy atom. The van der Waals surface area contributed by atoms with Gasteiger partial charge in [-0.2, -0.15) is 0 Å². The van der Waals surface area contributed by atoms with E-state index in [4.69, 9.17) is 25.8 Å². The molecule has 0 aliphatic carbocycles. The second-order valence-corrected chi connectivity index (χ2v) is 10.4. The fourth-order valence-electron chi connectivity index (χ4n) is 4.59. The zero-order valence-electron chi connectivity index (χ0n) is 22.4. The highest BCUT2D eigenvalue weighted by Gasteiger charge is 2.48. The summed E-state index contributed by atoms with van der Waals surface area (Å²) in [6.07, 6.45) is 1.62. The molecule has 210 valence electrons. The first kappa shape index (κ1) is 28.2. The van der Waals surface area contributed by atoms with Gasteiger partial charge in [0.25, 0.3) is 5.78 Å². The van der Waals surface area contributed by atoms with Crippen molar-refractivity contribution in [3.63, 3.8) is 0 Å². The van der Waals surface area contributed by atoms with Gasteiger partial charge in [0.05, 0.1) is 35.0 Å². The molecule has 3 aromatic carbocycles. The van der Waals surface area contributed by atoms with E-state index in [1.54, 1.807) is 60.7 Å². The lowest BCUT2D eigenvalue weighted by molar-refractivity contribution is -0.132. The Morgan fingerprint density at radius 3 is 2.49 bits per heavy atom. The first-order chi connectivity index (χ1) is 19.9. The number of hydrogen-bond donors (Lipinski definition) is 1. The molecular weight excluding hydrogens is 564 g/mol. The number of aliphatic hydroxyl groups excluding tert-OH is 1. The molecule has 10 heteroatoms. The van der Waals surface area contributed by atoms with Gasteiger partial charge in [-0.1, -0.05) is 41.7 Å². The van der Waals surface area contributed by atoms with Crippen LogP contribution in [0.5, 0.6) is 17.2 Å². The summed E-state index contributed by atoms with van der Waals surface area (Å²) in [6.45, 7) is 8.56. The monoisotopic (exact) mass is 590 g/mol. The Labute approximate surface area is 246 Å². The fourth-order valence-corrected chi connectivity index (χ4v) is 5.74. The predicted octanol–water partition coefficient (Wildman–Crippen LogP) is 6.94. The van der Waals surface area contributed by atoms with Gasteiger partial charge in [-0.05, 0) is 74.0 Å². The molecule has 5 rings (SSSR count). The molecule has 1 aromatic heterocycles. The maximum absolute atomic E-state index is 13.6. The van der Waals surface area contributed by atoms with Crippen LogP contribution in [0.3, 0.4) is 0 Å². The Morgan fingerprint density at radius 2 is 1.78 bits per heavy atom. The van der Waals surface area contributed by atoms with Crippen LogP contribution >= 0.6 is 22.9 Å². The van der Waals surface area contributed by atoms with Gasteiger partial charge < -0.3 is 19.3 Å². The third kappa shape index (κ3) is 5.51. The molecule has 1 aliphatic heterocycles. The number of nitrogens with zero attached hydrogens (tertiary/aromatic N) is 2. The summed E-state index contributed by atoms with van der Waals surface area (Å²) in [7, 11) is 0. The number of aromatic nitrogens is 1. The van der Waals surface area contributed by atoms with E-state index in [9.17, 15) is 14.7 Å². The minimum atomic E-state index is -0.995. The zero-order chi connectivity index (χ0) is 29.1. The number of thiazole rings is 1. The standard InChI is InChI=1S/C31H27ClN2O6S/c1-4-15-40-23-14-9-19(16-24(23)39-6-3)27-26(28(35)18-7-10-20(32)11-8-18)29(36)30(37)34(27)31-33-22-13-12-21(38-5-2)17-25(22)41-31/h4,7-14,16-17,27,35H,1,5-6,15H2,2-3H3/b28-26+. The van der Waals surface area contributed by atoms with Crippen LogP contribution in [0.4, 0.5) is 5.13 Å². The fraction of sp³-hybridized carbons (Fsp3) is 0.194. The quantitative estimate of drug-likeness (QED) is 0.0924. The first-order valence-corrected chi connectivity index (χ1v) is 14.2. The van der Waals surface area contributed by atoms with Crippen LogP contribution < -0.4 is 19.1 Å². The molecule has 2 heterocycles. The van der Waals surface area contributed by atoms with Crippen molar-refractivity contribution >= 4 is 55.7 Å². The molecule has 41 heavy (non-hydrogen) atoms. The highest BCUT2D eigenvalue weighted by Crippen LogP contribution is 2.46. The molecule has 0 radical (unpaired) electrons. The van der Waals surface area contributed by atoms with E-state index in [0.717, 1.165) is 4.70 Å². The summed E-state index contributed by atoms with van der Waals surface area (Å²) in [5.41, 5.74) is 1.45. The summed E-state index contributed by atoms with van der Waals surface area (Å²) >= 11 is 7.30. The van der Waals surface area contributed by atoms with Gasteiger partial charge in [0.15, 0.2) is 16.6 Å². The van der Waals surface area contributed by atoms with Crippen molar-refractivity contribution in [3.05, 3.63) is 95.0 Å². The topological polar surface area (TPSA) is 98.2 Å². The number of rotatable bonds is 10. The summed E-state index contributed by atoms with van der Waals surface area (Å²) in [5, 5.41) is 12.2. The molecule has 1 N–H and O–H groups in total. The van der Waals surface area contributed by atoms with Crippen LogP contribution in [0.15, 0.2) is 78.9 Å². The van der Waals surface area contributed by atoms with Crippen molar-refractivity contribution in [1.29, 1.82) is 0 Å². The number of carbonyl (C=O) groups excluding carboxylic acids is 2. The minimum Gasteiger partial charge on any atom is -0.507 e. The third-order valence-corrected chi connectivity index (χ3v) is 7.64. The molecule has 8 nitrogen and oxygen atoms in total. The van der Waals surface area contributed by atoms with E-state index < -0.39 is 17.7 Å². The number of amides is 1. The molecule has 0 spiro atoms. The number of anilines is 1. The highest BCUT2D eigenvalue weighted by atomic mass is 35.5. The van der Waals surface area contributed by atoms with Crippen molar-refractivity contribution in [3.8, 4) is 17.2 Å². The number of carbonyl (C=O) groups is 2. The third-order valence-electron chi connectivity index (χ3n) is 6.37. The van der Waals surface area contributed by atoms with E-state index >= 15 is 0 Å². The van der Waals surface area contributed by atoms with Crippen molar-refractivity contribution in [2.45, 2.75) is 19.9 Å². The Hall–Kier alpha value is -4.34. The molecule has 1 amide bonds. The number of ether oxygens (including phenoxy) is 3. The summed E-state index contributed by atoms with van der Waals surface area (Å²) in [6, 6.07) is 16.0. The summed E-state index contributed by atoms with van der Waals surface area (Å²) in [4.78, 5) is 33.2. The molecule has 1 saturated heterocycles. The average molecular weight is 591 g/mol. The Bertz CT molecular complexity index is 1660. The number of aliphatic hydroxyl groups is 1. The lowest BCUT2D eigenvalue weighted by Crippen LogP contribution is -2.29. The number of Topliss-reactive ketones (excluding diaryl/α,β-unsaturated/α-hetero) is 1. The van der Waals surface area contributed by atoms with Crippen LogP contribution in [0.2, 0.25) is 5.02 Å². The maximum atomic E-state index is 13.6. The Kier molecular flexibility index (Phi) is 8.28. The lowest BCUT2D eigenvalue weighted by atomic mass is 9.95. The lowest BCUT2D eigenvalue weighted by Gasteiger charge is -2.24. The molecule has 4 aromatic rings. The van der Waals surface area contributed by atoms with Crippen molar-refractivity contribution < 1.29 is 28.9 Å². The van der Waals surface area contributed by atoms with Crippen LogP contribution in [-0.2, 0) is 9.59 Å². The van der Waals surface area contributed by atoms with Crippen LogP contribution in [0.1, 0.15) is 31.0 Å². The smallest absolute Gasteiger partial charge is 0.301 e. The van der Waals surface area contributed by atoms with E-state index in [0.29, 0.717) is 57.3 Å².